The number of hydrogen-bond acceptors (Lipinski definition) is 7. The third-order valence-corrected chi connectivity index (χ3v) is 8.37. The highest BCUT2D eigenvalue weighted by atomic mass is 32.2. The first-order valence-electron chi connectivity index (χ1n) is 11.7. The van der Waals surface area contributed by atoms with Crippen molar-refractivity contribution in [2.75, 3.05) is 26.7 Å². The third kappa shape index (κ3) is 5.70. The lowest BCUT2D eigenvalue weighted by Crippen LogP contribution is -2.49. The molecule has 2 aromatic carbocycles. The van der Waals surface area contributed by atoms with E-state index in [0.29, 0.717) is 12.3 Å². The standard InChI is InChI=1S/C26H32N4O4S/c1-19-14-30(20(2)17-31)35(32,33)26-10-9-22(23-12-27-18-28-13-23)11-24(26)34-25(19)16-29(3)15-21-7-5-4-6-8-21/h4-13,18-20,25,31H,14-17H2,1-3H3/t19-,20+,25-/m1/s1. The summed E-state index contributed by atoms with van der Waals surface area (Å²) < 4.78 is 35.1. The zero-order valence-corrected chi connectivity index (χ0v) is 21.1. The summed E-state index contributed by atoms with van der Waals surface area (Å²) in [6.07, 6.45) is 4.54. The lowest BCUT2D eigenvalue weighted by molar-refractivity contribution is 0.0734. The SMILES string of the molecule is C[C@@H]1CN([C@@H](C)CO)S(=O)(=O)c2ccc(-c3cncnc3)cc2O[C@@H]1CN(C)Cc1ccccc1. The number of rotatable bonds is 7. The highest BCUT2D eigenvalue weighted by molar-refractivity contribution is 7.89. The van der Waals surface area contributed by atoms with Crippen molar-refractivity contribution in [3.63, 3.8) is 0 Å². The number of fused-ring (bicyclic) bond motifs is 1. The monoisotopic (exact) mass is 496 g/mol. The van der Waals surface area contributed by atoms with E-state index < -0.39 is 16.1 Å². The molecule has 0 radical (unpaired) electrons. The molecule has 0 amide bonds. The van der Waals surface area contributed by atoms with E-state index in [2.05, 4.69) is 27.0 Å². The molecule has 0 bridgehead atoms. The van der Waals surface area contributed by atoms with Crippen LogP contribution >= 0.6 is 0 Å². The van der Waals surface area contributed by atoms with E-state index in [9.17, 15) is 13.5 Å². The second kappa shape index (κ2) is 10.8. The van der Waals surface area contributed by atoms with Gasteiger partial charge in [0.25, 0.3) is 0 Å². The van der Waals surface area contributed by atoms with Gasteiger partial charge in [0.1, 0.15) is 23.1 Å². The number of aromatic nitrogens is 2. The number of nitrogens with zero attached hydrogens (tertiary/aromatic N) is 4. The molecule has 3 aromatic rings. The molecule has 3 atom stereocenters. The molecule has 35 heavy (non-hydrogen) atoms. The summed E-state index contributed by atoms with van der Waals surface area (Å²) in [6, 6.07) is 14.7. The maximum atomic E-state index is 13.6. The number of sulfonamides is 1. The van der Waals surface area contributed by atoms with Gasteiger partial charge in [-0.25, -0.2) is 18.4 Å². The molecule has 8 nitrogen and oxygen atoms in total. The second-order valence-electron chi connectivity index (χ2n) is 9.21. The minimum absolute atomic E-state index is 0.0982. The number of likely N-dealkylation sites (N-methyl/N-ethyl adjacent to an activating group) is 1. The number of hydrogen-bond donors (Lipinski definition) is 1. The summed E-state index contributed by atoms with van der Waals surface area (Å²) in [4.78, 5) is 10.4. The van der Waals surface area contributed by atoms with Crippen LogP contribution in [-0.2, 0) is 16.6 Å². The molecular formula is C26H32N4O4S. The Kier molecular flexibility index (Phi) is 7.81. The normalized spacial score (nSPS) is 20.9. The number of benzene rings is 2. The summed E-state index contributed by atoms with van der Waals surface area (Å²) in [5, 5.41) is 9.82. The van der Waals surface area contributed by atoms with E-state index >= 15 is 0 Å². The van der Waals surface area contributed by atoms with Crippen LogP contribution in [0.15, 0.2) is 72.1 Å². The van der Waals surface area contributed by atoms with E-state index in [4.69, 9.17) is 4.74 Å². The van der Waals surface area contributed by atoms with E-state index in [-0.39, 0.29) is 30.1 Å². The van der Waals surface area contributed by atoms with Crippen LogP contribution in [0.2, 0.25) is 0 Å². The number of aliphatic hydroxyl groups is 1. The van der Waals surface area contributed by atoms with Gasteiger partial charge in [-0.2, -0.15) is 4.31 Å². The molecular weight excluding hydrogens is 464 g/mol. The molecule has 0 spiro atoms. The van der Waals surface area contributed by atoms with Crippen LogP contribution in [0.1, 0.15) is 19.4 Å². The molecule has 1 aromatic heterocycles. The fourth-order valence-electron chi connectivity index (χ4n) is 4.34. The van der Waals surface area contributed by atoms with Gasteiger partial charge in [-0.05, 0) is 37.2 Å². The quantitative estimate of drug-likeness (QED) is 0.537. The van der Waals surface area contributed by atoms with Gasteiger partial charge in [0.15, 0.2) is 0 Å². The van der Waals surface area contributed by atoms with Gasteiger partial charge in [0.05, 0.1) is 6.61 Å². The third-order valence-electron chi connectivity index (χ3n) is 6.35. The van der Waals surface area contributed by atoms with Gasteiger partial charge in [-0.1, -0.05) is 43.3 Å². The van der Waals surface area contributed by atoms with Gasteiger partial charge in [-0.3, -0.25) is 4.90 Å². The van der Waals surface area contributed by atoms with Crippen molar-refractivity contribution < 1.29 is 18.3 Å². The number of ether oxygens (including phenoxy) is 1. The molecule has 0 saturated heterocycles. The van der Waals surface area contributed by atoms with Crippen LogP contribution in [0, 0.1) is 5.92 Å². The lowest BCUT2D eigenvalue weighted by Gasteiger charge is -2.37. The van der Waals surface area contributed by atoms with E-state index in [1.165, 1.54) is 16.2 Å². The Morgan fingerprint density at radius 2 is 1.86 bits per heavy atom. The lowest BCUT2D eigenvalue weighted by atomic mass is 10.0. The molecule has 1 N–H and O–H groups in total. The molecule has 0 unspecified atom stereocenters. The molecule has 2 heterocycles. The average Bonchev–Trinajstić information content (AvgIpc) is 2.86. The van der Waals surface area contributed by atoms with Crippen LogP contribution in [0.3, 0.4) is 0 Å². The first-order valence-corrected chi connectivity index (χ1v) is 13.1. The van der Waals surface area contributed by atoms with Crippen molar-refractivity contribution in [3.05, 3.63) is 72.8 Å². The molecule has 9 heteroatoms. The number of aliphatic hydroxyl groups excluding tert-OH is 1. The van der Waals surface area contributed by atoms with E-state index in [1.54, 1.807) is 37.5 Å². The highest BCUT2D eigenvalue weighted by Gasteiger charge is 2.38. The van der Waals surface area contributed by atoms with Gasteiger partial charge in [0, 0.05) is 49.6 Å². The Labute approximate surface area is 207 Å². The topological polar surface area (TPSA) is 95.9 Å². The van der Waals surface area contributed by atoms with Crippen LogP contribution in [0.4, 0.5) is 0 Å². The minimum Gasteiger partial charge on any atom is -0.487 e. The molecule has 0 saturated carbocycles. The van der Waals surface area contributed by atoms with Crippen molar-refractivity contribution in [1.29, 1.82) is 0 Å². The van der Waals surface area contributed by atoms with E-state index in [0.717, 1.165) is 17.7 Å². The first-order chi connectivity index (χ1) is 16.8. The minimum atomic E-state index is -3.88. The fraction of sp³-hybridized carbons (Fsp3) is 0.385. The van der Waals surface area contributed by atoms with Crippen LogP contribution in [-0.4, -0.2) is 71.6 Å². The van der Waals surface area contributed by atoms with Gasteiger partial charge < -0.3 is 9.84 Å². The second-order valence-corrected chi connectivity index (χ2v) is 11.1. The highest BCUT2D eigenvalue weighted by Crippen LogP contribution is 2.36. The zero-order valence-electron chi connectivity index (χ0n) is 20.3. The van der Waals surface area contributed by atoms with Gasteiger partial charge >= 0.3 is 0 Å². The smallest absolute Gasteiger partial charge is 0.247 e. The van der Waals surface area contributed by atoms with Gasteiger partial charge in [0.2, 0.25) is 10.0 Å². The maximum Gasteiger partial charge on any atom is 0.247 e. The van der Waals surface area contributed by atoms with Crippen molar-refractivity contribution in [2.24, 2.45) is 5.92 Å². The molecule has 0 fully saturated rings. The Morgan fingerprint density at radius 3 is 2.54 bits per heavy atom. The summed E-state index contributed by atoms with van der Waals surface area (Å²) in [5.41, 5.74) is 2.73. The summed E-state index contributed by atoms with van der Waals surface area (Å²) >= 11 is 0. The van der Waals surface area contributed by atoms with Gasteiger partial charge in [-0.15, -0.1) is 0 Å². The van der Waals surface area contributed by atoms with Crippen molar-refractivity contribution in [2.45, 2.75) is 37.4 Å². The van der Waals surface area contributed by atoms with Crippen molar-refractivity contribution >= 4 is 10.0 Å². The Balaban J connectivity index is 1.72. The predicted octanol–water partition coefficient (Wildman–Crippen LogP) is 3.04. The van der Waals surface area contributed by atoms with E-state index in [1.807, 2.05) is 32.2 Å². The zero-order chi connectivity index (χ0) is 25.0. The Morgan fingerprint density at radius 1 is 1.14 bits per heavy atom. The fourth-order valence-corrected chi connectivity index (χ4v) is 6.16. The van der Waals surface area contributed by atoms with Crippen LogP contribution in [0.5, 0.6) is 5.75 Å². The van der Waals surface area contributed by atoms with Crippen LogP contribution < -0.4 is 4.74 Å². The first kappa shape index (κ1) is 25.2. The Hall–Kier alpha value is -2.85. The molecule has 1 aliphatic rings. The maximum absolute atomic E-state index is 13.6. The molecule has 0 aliphatic carbocycles. The Bertz CT molecular complexity index is 1220. The largest absolute Gasteiger partial charge is 0.487 e. The molecule has 186 valence electrons. The predicted molar refractivity (Wildman–Crippen MR) is 134 cm³/mol. The summed E-state index contributed by atoms with van der Waals surface area (Å²) in [7, 11) is -1.85. The van der Waals surface area contributed by atoms with Crippen molar-refractivity contribution in [1.82, 2.24) is 19.2 Å². The van der Waals surface area contributed by atoms with Crippen LogP contribution in [0.25, 0.3) is 11.1 Å². The molecule has 4 rings (SSSR count). The van der Waals surface area contributed by atoms with Crippen molar-refractivity contribution in [3.8, 4) is 16.9 Å². The summed E-state index contributed by atoms with van der Waals surface area (Å²) in [6.45, 7) is 5.06. The molecule has 1 aliphatic heterocycles. The average molecular weight is 497 g/mol. The summed E-state index contributed by atoms with van der Waals surface area (Å²) in [5.74, 6) is 0.181.